The van der Waals surface area contributed by atoms with Gasteiger partial charge in [-0.3, -0.25) is 19.3 Å². The lowest BCUT2D eigenvalue weighted by Gasteiger charge is -2.35. The minimum atomic E-state index is -0.267. The first-order valence-corrected chi connectivity index (χ1v) is 12.6. The molecule has 0 N–H and O–H groups in total. The van der Waals surface area contributed by atoms with E-state index in [-0.39, 0.29) is 43.5 Å². The highest BCUT2D eigenvalue weighted by atomic mass is 35.5. The summed E-state index contributed by atoms with van der Waals surface area (Å²) in [6, 6.07) is 10.4. The highest BCUT2D eigenvalue weighted by Crippen LogP contribution is 2.31. The molecule has 0 unspecified atom stereocenters. The van der Waals surface area contributed by atoms with Crippen molar-refractivity contribution in [1.82, 2.24) is 9.80 Å². The highest BCUT2D eigenvalue weighted by Gasteiger charge is 2.36. The fourth-order valence-corrected chi connectivity index (χ4v) is 5.12. The molecule has 0 atom stereocenters. The van der Waals surface area contributed by atoms with Crippen molar-refractivity contribution < 1.29 is 23.9 Å². The molecule has 9 heteroatoms. The predicted molar refractivity (Wildman–Crippen MR) is 138 cm³/mol. The summed E-state index contributed by atoms with van der Waals surface area (Å²) in [6.07, 6.45) is 4.81. The number of anilines is 1. The van der Waals surface area contributed by atoms with Gasteiger partial charge in [0.1, 0.15) is 31.3 Å². The average molecular weight is 514 g/mol. The van der Waals surface area contributed by atoms with Gasteiger partial charge in [-0.2, -0.15) is 0 Å². The van der Waals surface area contributed by atoms with Crippen molar-refractivity contribution in [3.63, 3.8) is 0 Å². The monoisotopic (exact) mass is 513 g/mol. The number of hydrogen-bond acceptors (Lipinski definition) is 5. The molecule has 2 aromatic carbocycles. The molecule has 0 radical (unpaired) electrons. The standard InChI is InChI=1S/C27H32ClN3O5/c1-18-22(28)10-7-11-23(18)31-17-29(15-26(31)33)25(32)16-30(19-8-5-4-6-9-19)27(34)21-13-12-20(35-2)14-24(21)36-3/h7,10-14,19H,4-6,8-9,15-17H2,1-3H3. The summed E-state index contributed by atoms with van der Waals surface area (Å²) < 4.78 is 10.7. The number of carbonyl (C=O) groups excluding carboxylic acids is 3. The van der Waals surface area contributed by atoms with Crippen molar-refractivity contribution in [1.29, 1.82) is 0 Å². The number of benzene rings is 2. The summed E-state index contributed by atoms with van der Waals surface area (Å²) >= 11 is 6.25. The largest absolute Gasteiger partial charge is 0.497 e. The van der Waals surface area contributed by atoms with Crippen LogP contribution in [0.3, 0.4) is 0 Å². The maximum atomic E-state index is 13.7. The van der Waals surface area contributed by atoms with E-state index in [1.165, 1.54) is 12.0 Å². The molecule has 1 heterocycles. The van der Waals surface area contributed by atoms with Crippen LogP contribution in [-0.2, 0) is 9.59 Å². The van der Waals surface area contributed by atoms with Crippen LogP contribution >= 0.6 is 11.6 Å². The van der Waals surface area contributed by atoms with Crippen molar-refractivity contribution in [3.8, 4) is 11.5 Å². The second-order valence-electron chi connectivity index (χ2n) is 9.23. The van der Waals surface area contributed by atoms with Crippen LogP contribution in [0.15, 0.2) is 36.4 Å². The van der Waals surface area contributed by atoms with Crippen molar-refractivity contribution >= 4 is 35.0 Å². The Bertz CT molecular complexity index is 1150. The molecule has 2 aliphatic rings. The van der Waals surface area contributed by atoms with Gasteiger partial charge < -0.3 is 19.3 Å². The second kappa shape index (κ2) is 11.2. The highest BCUT2D eigenvalue weighted by molar-refractivity contribution is 6.31. The second-order valence-corrected chi connectivity index (χ2v) is 9.64. The topological polar surface area (TPSA) is 79.4 Å². The number of rotatable bonds is 7. The molecule has 3 amide bonds. The number of carbonyl (C=O) groups is 3. The van der Waals surface area contributed by atoms with Crippen molar-refractivity contribution in [2.75, 3.05) is 38.9 Å². The fraction of sp³-hybridized carbons (Fsp3) is 0.444. The maximum Gasteiger partial charge on any atom is 0.258 e. The molecule has 4 rings (SSSR count). The van der Waals surface area contributed by atoms with E-state index in [0.717, 1.165) is 37.7 Å². The first kappa shape index (κ1) is 25.8. The lowest BCUT2D eigenvalue weighted by Crippen LogP contribution is -2.48. The van der Waals surface area contributed by atoms with Crippen molar-refractivity contribution in [2.24, 2.45) is 0 Å². The lowest BCUT2D eigenvalue weighted by atomic mass is 9.93. The quantitative estimate of drug-likeness (QED) is 0.552. The number of methoxy groups -OCH3 is 2. The number of halogens is 1. The fourth-order valence-electron chi connectivity index (χ4n) is 4.95. The van der Waals surface area contributed by atoms with E-state index in [0.29, 0.717) is 27.8 Å². The minimum Gasteiger partial charge on any atom is -0.497 e. The van der Waals surface area contributed by atoms with E-state index in [1.54, 1.807) is 47.2 Å². The maximum absolute atomic E-state index is 13.7. The van der Waals surface area contributed by atoms with Crippen molar-refractivity contribution in [2.45, 2.75) is 45.1 Å². The van der Waals surface area contributed by atoms with E-state index in [9.17, 15) is 14.4 Å². The Hall–Kier alpha value is -3.26. The Kier molecular flexibility index (Phi) is 8.04. The molecule has 1 aliphatic carbocycles. The third-order valence-corrected chi connectivity index (χ3v) is 7.45. The zero-order chi connectivity index (χ0) is 25.8. The van der Waals surface area contributed by atoms with Gasteiger partial charge in [-0.15, -0.1) is 0 Å². The molecule has 0 bridgehead atoms. The summed E-state index contributed by atoms with van der Waals surface area (Å²) in [4.78, 5) is 44.7. The van der Waals surface area contributed by atoms with E-state index < -0.39 is 0 Å². The van der Waals surface area contributed by atoms with Gasteiger partial charge in [0.15, 0.2) is 0 Å². The molecular weight excluding hydrogens is 482 g/mol. The summed E-state index contributed by atoms with van der Waals surface area (Å²) in [6.45, 7) is 1.83. The summed E-state index contributed by atoms with van der Waals surface area (Å²) in [5.41, 5.74) is 1.85. The minimum absolute atomic E-state index is 0.0384. The third kappa shape index (κ3) is 5.28. The molecule has 2 aromatic rings. The summed E-state index contributed by atoms with van der Waals surface area (Å²) in [5.74, 6) is 0.267. The van der Waals surface area contributed by atoms with Gasteiger partial charge in [0.25, 0.3) is 5.91 Å². The molecule has 0 aromatic heterocycles. The van der Waals surface area contributed by atoms with Crippen LogP contribution in [0.5, 0.6) is 11.5 Å². The molecule has 1 aliphatic heterocycles. The molecule has 0 spiro atoms. The van der Waals surface area contributed by atoms with Crippen LogP contribution in [-0.4, -0.2) is 67.5 Å². The molecular formula is C27H32ClN3O5. The predicted octanol–water partition coefficient (Wildman–Crippen LogP) is 4.27. The zero-order valence-electron chi connectivity index (χ0n) is 21.0. The molecule has 36 heavy (non-hydrogen) atoms. The Morgan fingerprint density at radius 1 is 1.08 bits per heavy atom. The number of ether oxygens (including phenoxy) is 2. The van der Waals surface area contributed by atoms with E-state index in [2.05, 4.69) is 0 Å². The van der Waals surface area contributed by atoms with Crippen LogP contribution in [0.2, 0.25) is 5.02 Å². The van der Waals surface area contributed by atoms with Gasteiger partial charge in [0.05, 0.1) is 19.8 Å². The van der Waals surface area contributed by atoms with Gasteiger partial charge in [-0.25, -0.2) is 0 Å². The smallest absolute Gasteiger partial charge is 0.258 e. The van der Waals surface area contributed by atoms with E-state index in [1.807, 2.05) is 13.0 Å². The lowest BCUT2D eigenvalue weighted by molar-refractivity contribution is -0.132. The van der Waals surface area contributed by atoms with E-state index >= 15 is 0 Å². The number of hydrogen-bond donors (Lipinski definition) is 0. The van der Waals surface area contributed by atoms with Crippen LogP contribution in [0.1, 0.15) is 48.0 Å². The molecule has 8 nitrogen and oxygen atoms in total. The third-order valence-electron chi connectivity index (χ3n) is 7.04. The van der Waals surface area contributed by atoms with Gasteiger partial charge >= 0.3 is 0 Å². The van der Waals surface area contributed by atoms with Gasteiger partial charge in [0, 0.05) is 22.8 Å². The Balaban J connectivity index is 1.56. The Labute approximate surface area is 216 Å². The Morgan fingerprint density at radius 3 is 2.53 bits per heavy atom. The van der Waals surface area contributed by atoms with Crippen molar-refractivity contribution in [3.05, 3.63) is 52.5 Å². The molecule has 1 saturated carbocycles. The summed E-state index contributed by atoms with van der Waals surface area (Å²) in [5, 5.41) is 0.563. The van der Waals surface area contributed by atoms with E-state index in [4.69, 9.17) is 21.1 Å². The van der Waals surface area contributed by atoms with Crippen LogP contribution in [0.25, 0.3) is 0 Å². The van der Waals surface area contributed by atoms with Gasteiger partial charge in [0.2, 0.25) is 11.8 Å². The number of nitrogens with zero attached hydrogens (tertiary/aromatic N) is 3. The molecule has 2 fully saturated rings. The molecule has 1 saturated heterocycles. The normalized spacial score (nSPS) is 16.3. The number of amides is 3. The van der Waals surface area contributed by atoms with Crippen LogP contribution in [0, 0.1) is 6.92 Å². The Morgan fingerprint density at radius 2 is 1.83 bits per heavy atom. The SMILES string of the molecule is COc1ccc(C(=O)N(CC(=O)N2CC(=O)N(c3cccc(Cl)c3C)C2)C2CCCCC2)c(OC)c1. The average Bonchev–Trinajstić information content (AvgIpc) is 3.29. The van der Waals surface area contributed by atoms with Crippen LogP contribution in [0.4, 0.5) is 5.69 Å². The first-order chi connectivity index (χ1) is 17.3. The first-order valence-electron chi connectivity index (χ1n) is 12.2. The van der Waals surface area contributed by atoms with Crippen LogP contribution < -0.4 is 14.4 Å². The zero-order valence-corrected chi connectivity index (χ0v) is 21.7. The van der Waals surface area contributed by atoms with Gasteiger partial charge in [-0.05, 0) is 49.6 Å². The molecule has 192 valence electrons. The van der Waals surface area contributed by atoms with Gasteiger partial charge in [-0.1, -0.05) is 36.9 Å². The summed E-state index contributed by atoms with van der Waals surface area (Å²) in [7, 11) is 3.05.